The van der Waals surface area contributed by atoms with Gasteiger partial charge in [-0.3, -0.25) is 9.80 Å². The molecule has 0 saturated heterocycles. The maximum Gasteiger partial charge on any atom is 0.141 e. The van der Waals surface area contributed by atoms with Gasteiger partial charge in [0.05, 0.1) is 0 Å². The van der Waals surface area contributed by atoms with Crippen molar-refractivity contribution in [3.8, 4) is 0 Å². The van der Waals surface area contributed by atoms with E-state index in [1.54, 1.807) is 0 Å². The van der Waals surface area contributed by atoms with E-state index in [2.05, 4.69) is 128 Å². The Morgan fingerprint density at radius 1 is 0.357 bits per heavy atom. The Kier molecular flexibility index (Phi) is 18.4. The molecule has 0 fully saturated rings. The molecular weight excluding hydrogens is 683 g/mol. The van der Waals surface area contributed by atoms with Gasteiger partial charge in [-0.15, -0.1) is 0 Å². The number of benzene rings is 2. The molecule has 5 aromatic rings. The Bertz CT molecular complexity index is 1610. The molecule has 5 heteroatoms. The number of nitrogens with zero attached hydrogens (tertiary/aromatic N) is 5. The van der Waals surface area contributed by atoms with Crippen LogP contribution in [0.4, 0.5) is 34.6 Å². The van der Waals surface area contributed by atoms with Crippen LogP contribution in [0.2, 0.25) is 0 Å². The van der Waals surface area contributed by atoms with E-state index in [1.165, 1.54) is 125 Å². The van der Waals surface area contributed by atoms with Gasteiger partial charge in [0.15, 0.2) is 0 Å². The van der Waals surface area contributed by atoms with Gasteiger partial charge in [-0.2, -0.15) is 0 Å². The second kappa shape index (κ2) is 24.2. The quantitative estimate of drug-likeness (QED) is 0.0527. The van der Waals surface area contributed by atoms with Crippen molar-refractivity contribution in [3.05, 3.63) is 126 Å². The Labute approximate surface area is 340 Å². The molecule has 56 heavy (non-hydrogen) atoms. The molecule has 0 amide bonds. The summed E-state index contributed by atoms with van der Waals surface area (Å²) in [6.07, 6.45) is 28.1. The van der Waals surface area contributed by atoms with Gasteiger partial charge in [-0.1, -0.05) is 135 Å². The van der Waals surface area contributed by atoms with Crippen molar-refractivity contribution in [3.63, 3.8) is 0 Å². The Morgan fingerprint density at radius 2 is 0.714 bits per heavy atom. The van der Waals surface area contributed by atoms with Gasteiger partial charge in [-0.25, -0.2) is 15.0 Å². The normalized spacial score (nSPS) is 11.2. The van der Waals surface area contributed by atoms with Crippen LogP contribution in [0, 0.1) is 0 Å². The maximum atomic E-state index is 5.52. The summed E-state index contributed by atoms with van der Waals surface area (Å²) in [6, 6.07) is 33.4. The standard InChI is InChI=1S/C51H69N5/c1-5-9-13-17-24-42-28-21-30-46(38-42)55(50-40-44(34-36-52-50)26-19-15-11-7-3)48-32-23-33-49(54-48)56(47-31-22-29-43(39-47)25-18-14-10-6-2)51-41-45(35-37-53-51)27-20-16-12-8-4/h21-23,28-41H,5-20,24-27H2,1-4H3. The minimum Gasteiger partial charge on any atom is -0.279 e. The van der Waals surface area contributed by atoms with E-state index >= 15 is 0 Å². The number of pyridine rings is 3. The predicted molar refractivity (Wildman–Crippen MR) is 241 cm³/mol. The van der Waals surface area contributed by atoms with E-state index in [4.69, 9.17) is 15.0 Å². The van der Waals surface area contributed by atoms with Crippen molar-refractivity contribution in [1.29, 1.82) is 0 Å². The molecule has 0 radical (unpaired) electrons. The average molecular weight is 752 g/mol. The average Bonchev–Trinajstić information content (AvgIpc) is 3.23. The predicted octanol–water partition coefficient (Wildman–Crippen LogP) is 15.3. The first-order chi connectivity index (χ1) is 27.6. The fraction of sp³-hybridized carbons (Fsp3) is 0.471. The van der Waals surface area contributed by atoms with E-state index in [-0.39, 0.29) is 0 Å². The molecule has 0 atom stereocenters. The van der Waals surface area contributed by atoms with Crippen LogP contribution in [-0.4, -0.2) is 15.0 Å². The minimum absolute atomic E-state index is 0.845. The van der Waals surface area contributed by atoms with E-state index in [0.717, 1.165) is 60.3 Å². The molecule has 0 bridgehead atoms. The summed E-state index contributed by atoms with van der Waals surface area (Å²) in [5.41, 5.74) is 7.53. The van der Waals surface area contributed by atoms with Gasteiger partial charge in [0.25, 0.3) is 0 Å². The Hall–Kier alpha value is -4.51. The second-order valence-corrected chi connectivity index (χ2v) is 15.7. The van der Waals surface area contributed by atoms with Crippen LogP contribution >= 0.6 is 0 Å². The zero-order valence-electron chi connectivity index (χ0n) is 35.2. The lowest BCUT2D eigenvalue weighted by Crippen LogP contribution is -2.17. The number of hydrogen-bond donors (Lipinski definition) is 0. The van der Waals surface area contributed by atoms with E-state index in [0.29, 0.717) is 0 Å². The third kappa shape index (κ3) is 13.3. The first kappa shape index (κ1) is 42.6. The molecule has 3 heterocycles. The number of rotatable bonds is 26. The van der Waals surface area contributed by atoms with Gasteiger partial charge in [0, 0.05) is 23.8 Å². The van der Waals surface area contributed by atoms with Crippen LogP contribution in [0.5, 0.6) is 0 Å². The lowest BCUT2D eigenvalue weighted by molar-refractivity contribution is 0.666. The number of anilines is 6. The highest BCUT2D eigenvalue weighted by molar-refractivity contribution is 5.77. The summed E-state index contributed by atoms with van der Waals surface area (Å²) in [5, 5.41) is 0. The van der Waals surface area contributed by atoms with Crippen LogP contribution in [-0.2, 0) is 25.7 Å². The number of aryl methyl sites for hydroxylation is 4. The molecular formula is C51H69N5. The van der Waals surface area contributed by atoms with Crippen molar-refractivity contribution in [2.24, 2.45) is 0 Å². The van der Waals surface area contributed by atoms with Crippen LogP contribution in [0.15, 0.2) is 103 Å². The molecule has 0 N–H and O–H groups in total. The third-order valence-corrected chi connectivity index (χ3v) is 10.9. The fourth-order valence-corrected chi connectivity index (χ4v) is 7.63. The summed E-state index contributed by atoms with van der Waals surface area (Å²) in [7, 11) is 0. The van der Waals surface area contributed by atoms with Crippen molar-refractivity contribution in [2.75, 3.05) is 9.80 Å². The first-order valence-corrected chi connectivity index (χ1v) is 22.3. The molecule has 0 unspecified atom stereocenters. The lowest BCUT2D eigenvalue weighted by atomic mass is 10.0. The van der Waals surface area contributed by atoms with Gasteiger partial charge >= 0.3 is 0 Å². The summed E-state index contributed by atoms with van der Waals surface area (Å²) < 4.78 is 0. The van der Waals surface area contributed by atoms with E-state index < -0.39 is 0 Å². The number of aromatic nitrogens is 3. The van der Waals surface area contributed by atoms with Crippen molar-refractivity contribution < 1.29 is 0 Å². The van der Waals surface area contributed by atoms with Crippen LogP contribution in [0.25, 0.3) is 0 Å². The van der Waals surface area contributed by atoms with Gasteiger partial charge in [-0.05, 0) is 134 Å². The molecule has 0 spiro atoms. The SMILES string of the molecule is CCCCCCc1cccc(N(c2cc(CCCCCC)ccn2)c2cccc(N(c3cccc(CCCCCC)c3)c3cc(CCCCCC)ccn3)n2)c1. The van der Waals surface area contributed by atoms with Gasteiger partial charge in [0.2, 0.25) is 0 Å². The monoisotopic (exact) mass is 752 g/mol. The molecule has 2 aromatic carbocycles. The van der Waals surface area contributed by atoms with Crippen LogP contribution in [0.1, 0.15) is 153 Å². The van der Waals surface area contributed by atoms with E-state index in [9.17, 15) is 0 Å². The third-order valence-electron chi connectivity index (χ3n) is 10.9. The zero-order chi connectivity index (χ0) is 39.2. The fourth-order valence-electron chi connectivity index (χ4n) is 7.63. The summed E-state index contributed by atoms with van der Waals surface area (Å²) in [4.78, 5) is 20.1. The molecule has 0 aliphatic carbocycles. The number of unbranched alkanes of at least 4 members (excludes halogenated alkanes) is 12. The zero-order valence-corrected chi connectivity index (χ0v) is 35.2. The molecule has 0 saturated carbocycles. The highest BCUT2D eigenvalue weighted by atomic mass is 15.3. The maximum absolute atomic E-state index is 5.52. The Balaban J connectivity index is 1.57. The smallest absolute Gasteiger partial charge is 0.141 e. The molecule has 0 aliphatic rings. The summed E-state index contributed by atoms with van der Waals surface area (Å²) in [5.74, 6) is 3.49. The molecule has 3 aromatic heterocycles. The molecule has 5 nitrogen and oxygen atoms in total. The van der Waals surface area contributed by atoms with Gasteiger partial charge in [0.1, 0.15) is 23.3 Å². The topological polar surface area (TPSA) is 45.2 Å². The molecule has 298 valence electrons. The minimum atomic E-state index is 0.845. The van der Waals surface area contributed by atoms with Gasteiger partial charge < -0.3 is 0 Å². The van der Waals surface area contributed by atoms with Crippen molar-refractivity contribution in [2.45, 2.75) is 156 Å². The van der Waals surface area contributed by atoms with E-state index in [1.807, 2.05) is 12.4 Å². The van der Waals surface area contributed by atoms with Crippen LogP contribution in [0.3, 0.4) is 0 Å². The summed E-state index contributed by atoms with van der Waals surface area (Å²) in [6.45, 7) is 9.10. The molecule has 5 rings (SSSR count). The Morgan fingerprint density at radius 3 is 1.09 bits per heavy atom. The first-order valence-electron chi connectivity index (χ1n) is 22.3. The van der Waals surface area contributed by atoms with Crippen molar-refractivity contribution in [1.82, 2.24) is 15.0 Å². The highest BCUT2D eigenvalue weighted by Crippen LogP contribution is 2.38. The largest absolute Gasteiger partial charge is 0.279 e. The molecule has 0 aliphatic heterocycles. The van der Waals surface area contributed by atoms with Crippen molar-refractivity contribution >= 4 is 34.6 Å². The highest BCUT2D eigenvalue weighted by Gasteiger charge is 2.21. The lowest BCUT2D eigenvalue weighted by Gasteiger charge is -2.28. The summed E-state index contributed by atoms with van der Waals surface area (Å²) >= 11 is 0. The number of hydrogen-bond acceptors (Lipinski definition) is 5. The second-order valence-electron chi connectivity index (χ2n) is 15.7. The van der Waals surface area contributed by atoms with Crippen LogP contribution < -0.4 is 9.80 Å².